The number of guanidine groups is 1. The number of anilines is 1. The Balaban J connectivity index is 1.28. The standard InChI is InChI=1S/C27H39N5O/c1-3-28-27(30-24-12-17-32(20-24)25-10-4-21(2)5-11-25)29-18-22-6-8-23(9-7-22)19-31-15-13-26(33)14-16-31/h4-11,24,26,33H,3,12-20H2,1-2H3,(H2,28,29,30). The van der Waals surface area contributed by atoms with E-state index in [0.717, 1.165) is 64.5 Å². The van der Waals surface area contributed by atoms with Crippen molar-refractivity contribution in [3.8, 4) is 0 Å². The molecule has 0 amide bonds. The van der Waals surface area contributed by atoms with E-state index in [1.54, 1.807) is 0 Å². The fourth-order valence-electron chi connectivity index (χ4n) is 4.64. The van der Waals surface area contributed by atoms with Gasteiger partial charge in [-0.3, -0.25) is 4.90 Å². The summed E-state index contributed by atoms with van der Waals surface area (Å²) in [5.74, 6) is 0.893. The summed E-state index contributed by atoms with van der Waals surface area (Å²) in [6.45, 7) is 10.7. The number of hydrogen-bond acceptors (Lipinski definition) is 4. The minimum absolute atomic E-state index is 0.115. The van der Waals surface area contributed by atoms with E-state index in [4.69, 9.17) is 4.99 Å². The van der Waals surface area contributed by atoms with Crippen LogP contribution in [0.15, 0.2) is 53.5 Å². The third-order valence-electron chi connectivity index (χ3n) is 6.68. The van der Waals surface area contributed by atoms with Crippen molar-refractivity contribution in [1.29, 1.82) is 0 Å². The van der Waals surface area contributed by atoms with Crippen molar-refractivity contribution < 1.29 is 5.11 Å². The van der Waals surface area contributed by atoms with Crippen LogP contribution in [0.3, 0.4) is 0 Å². The third kappa shape index (κ3) is 6.95. The van der Waals surface area contributed by atoms with Crippen LogP contribution in [0, 0.1) is 6.92 Å². The second-order valence-electron chi connectivity index (χ2n) is 9.43. The number of aliphatic imine (C=N–C) groups is 1. The highest BCUT2D eigenvalue weighted by molar-refractivity contribution is 5.80. The first-order chi connectivity index (χ1) is 16.1. The average Bonchev–Trinajstić information content (AvgIpc) is 3.29. The maximum Gasteiger partial charge on any atom is 0.191 e. The van der Waals surface area contributed by atoms with Crippen LogP contribution < -0.4 is 15.5 Å². The Hall–Kier alpha value is -2.57. The van der Waals surface area contributed by atoms with Gasteiger partial charge in [-0.05, 0) is 56.4 Å². The van der Waals surface area contributed by atoms with Gasteiger partial charge in [0.2, 0.25) is 0 Å². The maximum absolute atomic E-state index is 9.68. The number of likely N-dealkylation sites (tertiary alicyclic amines) is 1. The highest BCUT2D eigenvalue weighted by Crippen LogP contribution is 2.21. The van der Waals surface area contributed by atoms with E-state index in [1.807, 2.05) is 0 Å². The zero-order valence-corrected chi connectivity index (χ0v) is 20.1. The highest BCUT2D eigenvalue weighted by Gasteiger charge is 2.23. The molecule has 2 saturated heterocycles. The molecule has 0 bridgehead atoms. The Morgan fingerprint density at radius 2 is 1.67 bits per heavy atom. The van der Waals surface area contributed by atoms with Crippen molar-refractivity contribution in [2.45, 2.75) is 58.3 Å². The lowest BCUT2D eigenvalue weighted by Gasteiger charge is -2.29. The summed E-state index contributed by atoms with van der Waals surface area (Å²) in [7, 11) is 0. The summed E-state index contributed by atoms with van der Waals surface area (Å²) in [6, 6.07) is 18.0. The lowest BCUT2D eigenvalue weighted by atomic mass is 10.1. The van der Waals surface area contributed by atoms with E-state index in [1.165, 1.54) is 22.4 Å². The lowest BCUT2D eigenvalue weighted by molar-refractivity contribution is 0.0792. The van der Waals surface area contributed by atoms with Crippen molar-refractivity contribution in [3.63, 3.8) is 0 Å². The molecule has 0 aromatic heterocycles. The molecule has 6 heteroatoms. The smallest absolute Gasteiger partial charge is 0.191 e. The molecule has 2 aromatic carbocycles. The Kier molecular flexibility index (Phi) is 8.24. The van der Waals surface area contributed by atoms with Gasteiger partial charge in [0.05, 0.1) is 12.6 Å². The van der Waals surface area contributed by atoms with Crippen molar-refractivity contribution in [1.82, 2.24) is 15.5 Å². The normalized spacial score (nSPS) is 20.3. The van der Waals surface area contributed by atoms with Crippen LogP contribution in [0.5, 0.6) is 0 Å². The molecule has 0 saturated carbocycles. The fraction of sp³-hybridized carbons (Fsp3) is 0.519. The fourth-order valence-corrected chi connectivity index (χ4v) is 4.64. The highest BCUT2D eigenvalue weighted by atomic mass is 16.3. The van der Waals surface area contributed by atoms with Crippen LogP contribution in [-0.4, -0.2) is 60.8 Å². The second-order valence-corrected chi connectivity index (χ2v) is 9.43. The molecule has 2 fully saturated rings. The number of benzene rings is 2. The summed E-state index contributed by atoms with van der Waals surface area (Å²) in [5.41, 5.74) is 5.14. The first-order valence-electron chi connectivity index (χ1n) is 12.4. The van der Waals surface area contributed by atoms with Crippen molar-refractivity contribution in [3.05, 3.63) is 65.2 Å². The van der Waals surface area contributed by atoms with Gasteiger partial charge in [0, 0.05) is 51.0 Å². The van der Waals surface area contributed by atoms with Crippen LogP contribution in [0.4, 0.5) is 5.69 Å². The molecule has 2 aliphatic heterocycles. The number of nitrogens with one attached hydrogen (secondary N) is 2. The largest absolute Gasteiger partial charge is 0.393 e. The Morgan fingerprint density at radius 3 is 2.36 bits per heavy atom. The topological polar surface area (TPSA) is 63.1 Å². The van der Waals surface area contributed by atoms with Gasteiger partial charge >= 0.3 is 0 Å². The molecule has 0 aliphatic carbocycles. The SMILES string of the molecule is CCNC(=NCc1ccc(CN2CCC(O)CC2)cc1)NC1CCN(c2ccc(C)cc2)C1. The zero-order valence-electron chi connectivity index (χ0n) is 20.1. The summed E-state index contributed by atoms with van der Waals surface area (Å²) >= 11 is 0. The number of nitrogens with zero attached hydrogens (tertiary/aromatic N) is 3. The minimum Gasteiger partial charge on any atom is -0.393 e. The Bertz CT molecular complexity index is 888. The van der Waals surface area contributed by atoms with Crippen molar-refractivity contribution >= 4 is 11.6 Å². The molecule has 4 rings (SSSR count). The number of aryl methyl sites for hydroxylation is 1. The number of rotatable bonds is 7. The first-order valence-corrected chi connectivity index (χ1v) is 12.4. The number of aliphatic hydroxyl groups excluding tert-OH is 1. The van der Waals surface area contributed by atoms with Gasteiger partial charge in [-0.15, -0.1) is 0 Å². The molecule has 33 heavy (non-hydrogen) atoms. The Morgan fingerprint density at radius 1 is 0.970 bits per heavy atom. The molecule has 0 radical (unpaired) electrons. The molecule has 2 aromatic rings. The monoisotopic (exact) mass is 449 g/mol. The molecule has 0 spiro atoms. The van der Waals surface area contributed by atoms with Crippen LogP contribution >= 0.6 is 0 Å². The van der Waals surface area contributed by atoms with Crippen LogP contribution in [0.25, 0.3) is 0 Å². The second kappa shape index (κ2) is 11.5. The molecule has 2 aliphatic rings. The molecule has 6 nitrogen and oxygen atoms in total. The lowest BCUT2D eigenvalue weighted by Crippen LogP contribution is -2.44. The van der Waals surface area contributed by atoms with E-state index >= 15 is 0 Å². The van der Waals surface area contributed by atoms with E-state index in [2.05, 4.69) is 82.8 Å². The van der Waals surface area contributed by atoms with Gasteiger partial charge < -0.3 is 20.6 Å². The van der Waals surface area contributed by atoms with E-state index < -0.39 is 0 Å². The van der Waals surface area contributed by atoms with Gasteiger partial charge in [-0.25, -0.2) is 4.99 Å². The number of aliphatic hydroxyl groups is 1. The number of hydrogen-bond donors (Lipinski definition) is 3. The predicted molar refractivity (Wildman–Crippen MR) is 137 cm³/mol. The number of piperidine rings is 1. The van der Waals surface area contributed by atoms with Crippen LogP contribution in [-0.2, 0) is 13.1 Å². The predicted octanol–water partition coefficient (Wildman–Crippen LogP) is 3.29. The third-order valence-corrected chi connectivity index (χ3v) is 6.68. The zero-order chi connectivity index (χ0) is 23.0. The van der Waals surface area contributed by atoms with Crippen molar-refractivity contribution in [2.75, 3.05) is 37.6 Å². The van der Waals surface area contributed by atoms with E-state index in [-0.39, 0.29) is 6.10 Å². The first kappa shape index (κ1) is 23.6. The summed E-state index contributed by atoms with van der Waals surface area (Å²) in [6.07, 6.45) is 2.77. The summed E-state index contributed by atoms with van der Waals surface area (Å²) < 4.78 is 0. The summed E-state index contributed by atoms with van der Waals surface area (Å²) in [5, 5.41) is 16.7. The molecule has 1 unspecified atom stereocenters. The molecular formula is C27H39N5O. The average molecular weight is 450 g/mol. The Labute approximate surface area is 198 Å². The van der Waals surface area contributed by atoms with E-state index in [9.17, 15) is 5.11 Å². The van der Waals surface area contributed by atoms with Crippen LogP contribution in [0.2, 0.25) is 0 Å². The quantitative estimate of drug-likeness (QED) is 0.447. The molecule has 178 valence electrons. The van der Waals surface area contributed by atoms with Gasteiger partial charge in [0.1, 0.15) is 0 Å². The molecule has 3 N–H and O–H groups in total. The van der Waals surface area contributed by atoms with Gasteiger partial charge in [-0.1, -0.05) is 42.0 Å². The summed E-state index contributed by atoms with van der Waals surface area (Å²) in [4.78, 5) is 9.72. The molecular weight excluding hydrogens is 410 g/mol. The molecule has 2 heterocycles. The van der Waals surface area contributed by atoms with Gasteiger partial charge in [0.25, 0.3) is 0 Å². The molecule has 1 atom stereocenters. The van der Waals surface area contributed by atoms with Crippen LogP contribution in [0.1, 0.15) is 42.9 Å². The minimum atomic E-state index is -0.115. The van der Waals surface area contributed by atoms with Gasteiger partial charge in [-0.2, -0.15) is 0 Å². The maximum atomic E-state index is 9.68. The van der Waals surface area contributed by atoms with Crippen molar-refractivity contribution in [2.24, 2.45) is 4.99 Å². The van der Waals surface area contributed by atoms with E-state index in [0.29, 0.717) is 12.6 Å². The van der Waals surface area contributed by atoms with Gasteiger partial charge in [0.15, 0.2) is 5.96 Å².